The molecule has 3 amide bonds. The van der Waals surface area contributed by atoms with Crippen molar-refractivity contribution in [1.82, 2.24) is 34.6 Å². The molecule has 0 unspecified atom stereocenters. The number of nitrogens with zero attached hydrogens (tertiary/aromatic N) is 6. The van der Waals surface area contributed by atoms with Gasteiger partial charge in [0.05, 0.1) is 33.6 Å². The summed E-state index contributed by atoms with van der Waals surface area (Å²) in [5.41, 5.74) is -0.288. The molecular formula is C31H36ClN9O6S2. The molecule has 15 nitrogen and oxygen atoms in total. The summed E-state index contributed by atoms with van der Waals surface area (Å²) in [7, 11) is -4.10. The molecule has 49 heavy (non-hydrogen) atoms. The number of ether oxygens (including phenoxy) is 2. The third-order valence-corrected chi connectivity index (χ3v) is 11.3. The summed E-state index contributed by atoms with van der Waals surface area (Å²) in [6, 6.07) is 7.98. The maximum atomic E-state index is 12.7. The molecule has 0 saturated carbocycles. The number of nitrogens with one attached hydrogen (secondary N) is 3. The number of rotatable bonds is 7. The summed E-state index contributed by atoms with van der Waals surface area (Å²) in [6.45, 7) is 9.36. The van der Waals surface area contributed by atoms with E-state index in [0.29, 0.717) is 41.1 Å². The molecule has 0 aliphatic carbocycles. The van der Waals surface area contributed by atoms with E-state index in [1.165, 1.54) is 30.1 Å². The first kappa shape index (κ1) is 34.7. The monoisotopic (exact) mass is 729 g/mol. The first-order valence-electron chi connectivity index (χ1n) is 15.5. The second-order valence-corrected chi connectivity index (χ2v) is 16.0. The van der Waals surface area contributed by atoms with Gasteiger partial charge in [-0.1, -0.05) is 41.6 Å². The second-order valence-electron chi connectivity index (χ2n) is 12.9. The Morgan fingerprint density at radius 2 is 1.84 bits per heavy atom. The molecule has 3 aromatic heterocycles. The van der Waals surface area contributed by atoms with E-state index in [9.17, 15) is 18.0 Å². The van der Waals surface area contributed by atoms with Crippen LogP contribution in [0.15, 0.2) is 69.8 Å². The van der Waals surface area contributed by atoms with Gasteiger partial charge in [0.2, 0.25) is 5.95 Å². The highest BCUT2D eigenvalue weighted by Gasteiger charge is 2.50. The second kappa shape index (κ2) is 13.6. The van der Waals surface area contributed by atoms with Gasteiger partial charge in [-0.2, -0.15) is 0 Å². The average Bonchev–Trinajstić information content (AvgIpc) is 3.65. The van der Waals surface area contributed by atoms with Crippen molar-refractivity contribution in [3.63, 3.8) is 0 Å². The van der Waals surface area contributed by atoms with Crippen molar-refractivity contribution in [2.45, 2.75) is 73.0 Å². The number of benzene rings is 1. The lowest BCUT2D eigenvalue weighted by Crippen LogP contribution is -2.55. The Labute approximate surface area is 292 Å². The van der Waals surface area contributed by atoms with E-state index in [1.54, 1.807) is 41.2 Å². The van der Waals surface area contributed by atoms with Gasteiger partial charge in [-0.15, -0.1) is 10.2 Å². The number of fused-ring (bicyclic) bond motifs is 1. The van der Waals surface area contributed by atoms with Crippen LogP contribution in [0.2, 0.25) is 5.02 Å². The van der Waals surface area contributed by atoms with Crippen LogP contribution >= 0.6 is 23.4 Å². The van der Waals surface area contributed by atoms with Crippen LogP contribution in [0.3, 0.4) is 0 Å². The van der Waals surface area contributed by atoms with Crippen LogP contribution in [0.5, 0.6) is 0 Å². The van der Waals surface area contributed by atoms with E-state index >= 15 is 0 Å². The number of hydrogen-bond acceptors (Lipinski definition) is 12. The van der Waals surface area contributed by atoms with E-state index in [2.05, 4.69) is 30.7 Å². The van der Waals surface area contributed by atoms with Gasteiger partial charge in [0.15, 0.2) is 11.5 Å². The molecular weight excluding hydrogens is 694 g/mol. The summed E-state index contributed by atoms with van der Waals surface area (Å²) in [4.78, 5) is 37.4. The van der Waals surface area contributed by atoms with Gasteiger partial charge < -0.3 is 19.7 Å². The normalized spacial score (nSPS) is 19.2. The predicted molar refractivity (Wildman–Crippen MR) is 182 cm³/mol. The Hall–Kier alpha value is -4.19. The molecule has 0 radical (unpaired) electrons. The molecule has 2 aliphatic heterocycles. The number of anilines is 2. The zero-order valence-corrected chi connectivity index (χ0v) is 29.6. The van der Waals surface area contributed by atoms with E-state index in [0.717, 1.165) is 12.8 Å². The van der Waals surface area contributed by atoms with E-state index in [-0.39, 0.29) is 33.3 Å². The molecule has 4 aromatic rings. The minimum Gasteiger partial charge on any atom is -0.444 e. The number of sulfonamides is 1. The lowest BCUT2D eigenvalue weighted by Gasteiger charge is -2.42. The van der Waals surface area contributed by atoms with E-state index < -0.39 is 27.7 Å². The molecule has 18 heteroatoms. The maximum Gasteiger partial charge on any atom is 0.407 e. The lowest BCUT2D eigenvalue weighted by atomic mass is 9.73. The number of carbonyl (C=O) groups excluding carboxylic acids is 2. The van der Waals surface area contributed by atoms with Crippen LogP contribution < -0.4 is 20.3 Å². The Bertz CT molecular complexity index is 1970. The minimum absolute atomic E-state index is 0.0265. The van der Waals surface area contributed by atoms with E-state index in [4.69, 9.17) is 26.1 Å². The molecule has 260 valence electrons. The largest absolute Gasteiger partial charge is 0.444 e. The first-order chi connectivity index (χ1) is 23.2. The van der Waals surface area contributed by atoms with Crippen molar-refractivity contribution in [3.05, 3.63) is 60.1 Å². The summed E-state index contributed by atoms with van der Waals surface area (Å²) >= 11 is 7.87. The third kappa shape index (κ3) is 7.54. The quantitative estimate of drug-likeness (QED) is 0.238. The smallest absolute Gasteiger partial charge is 0.407 e. The topological polar surface area (TPSA) is 182 Å². The van der Waals surface area contributed by atoms with Gasteiger partial charge in [0, 0.05) is 35.8 Å². The van der Waals surface area contributed by atoms with Crippen LogP contribution in [0, 0.1) is 5.41 Å². The van der Waals surface area contributed by atoms with Crippen molar-refractivity contribution in [2.75, 3.05) is 29.9 Å². The number of urea groups is 1. The van der Waals surface area contributed by atoms with Gasteiger partial charge in [-0.3, -0.25) is 5.32 Å². The molecule has 0 bridgehead atoms. The van der Waals surface area contributed by atoms with Crippen molar-refractivity contribution in [3.8, 4) is 0 Å². The fourth-order valence-electron chi connectivity index (χ4n) is 6.01. The Morgan fingerprint density at radius 3 is 2.55 bits per heavy atom. The van der Waals surface area contributed by atoms with Crippen molar-refractivity contribution >= 4 is 62.9 Å². The van der Waals surface area contributed by atoms with E-state index in [1.807, 2.05) is 32.4 Å². The number of alkyl carbamates (subject to hydrolysis) is 1. The van der Waals surface area contributed by atoms with Crippen molar-refractivity contribution in [1.29, 1.82) is 0 Å². The third-order valence-electron chi connectivity index (χ3n) is 8.34. The van der Waals surface area contributed by atoms with Gasteiger partial charge >= 0.3 is 12.1 Å². The van der Waals surface area contributed by atoms with Gasteiger partial charge in [-0.05, 0) is 58.7 Å². The molecule has 3 N–H and O–H groups in total. The van der Waals surface area contributed by atoms with Crippen LogP contribution in [0.1, 0.15) is 40.5 Å². The molecule has 6 rings (SSSR count). The van der Waals surface area contributed by atoms with Crippen LogP contribution in [-0.4, -0.2) is 82.6 Å². The standard InChI is InChI=1S/C31H36ClN9O6S2/c1-19-24(36-29(43)47-30(2,3)4)31(17-46-19)11-14-40(15-12-31)28-34-16-22(26-38-35-18-41(26)28)48-21-10-13-33-25(23(21)32)37-27(42)39-49(44,45)20-8-6-5-7-9-20/h5-10,13,16,18-19,24H,11-12,14-15,17H2,1-4H3,(H,36,43)(H2,33,37,39,42)/t19-,24+/m0/s1. The first-order valence-corrected chi connectivity index (χ1v) is 18.2. The summed E-state index contributed by atoms with van der Waals surface area (Å²) < 4.78 is 40.5. The summed E-state index contributed by atoms with van der Waals surface area (Å²) in [6.07, 6.45) is 5.66. The molecule has 2 atom stereocenters. The SMILES string of the molecule is C[C@@H]1OCC2(CCN(c3ncc(Sc4ccnc(NC(=O)NS(=O)(=O)c5ccccc5)c4Cl)c4nncn34)CC2)[C@@H]1NC(=O)OC(C)(C)C. The number of piperidine rings is 1. The highest BCUT2D eigenvalue weighted by molar-refractivity contribution is 7.99. The number of hydrogen-bond donors (Lipinski definition) is 3. The van der Waals surface area contributed by atoms with Crippen molar-refractivity contribution < 1.29 is 27.5 Å². The molecule has 2 aliphatic rings. The Kier molecular flexibility index (Phi) is 9.63. The number of amides is 3. The number of pyridine rings is 1. The number of aromatic nitrogens is 5. The predicted octanol–water partition coefficient (Wildman–Crippen LogP) is 4.73. The Morgan fingerprint density at radius 1 is 1.10 bits per heavy atom. The molecule has 1 aromatic carbocycles. The molecule has 2 fully saturated rings. The summed E-state index contributed by atoms with van der Waals surface area (Å²) in [5.74, 6) is 0.642. The lowest BCUT2D eigenvalue weighted by molar-refractivity contribution is 0.0434. The zero-order valence-electron chi connectivity index (χ0n) is 27.2. The minimum atomic E-state index is -4.10. The Balaban J connectivity index is 1.14. The van der Waals surface area contributed by atoms with Crippen LogP contribution in [0.4, 0.5) is 21.4 Å². The van der Waals surface area contributed by atoms with Crippen LogP contribution in [0.25, 0.3) is 5.65 Å². The highest BCUT2D eigenvalue weighted by atomic mass is 35.5. The maximum absolute atomic E-state index is 12.7. The van der Waals surface area contributed by atoms with Crippen molar-refractivity contribution in [2.24, 2.45) is 5.41 Å². The van der Waals surface area contributed by atoms with Crippen LogP contribution in [-0.2, 0) is 19.5 Å². The molecule has 1 spiro atoms. The molecule has 5 heterocycles. The number of carbonyl (C=O) groups is 2. The fourth-order valence-corrected chi connectivity index (χ4v) is 8.10. The highest BCUT2D eigenvalue weighted by Crippen LogP contribution is 2.44. The zero-order chi connectivity index (χ0) is 35.0. The number of halogens is 1. The van der Waals surface area contributed by atoms with Gasteiger partial charge in [-0.25, -0.2) is 37.1 Å². The van der Waals surface area contributed by atoms with Gasteiger partial charge in [0.25, 0.3) is 10.0 Å². The fraction of sp³-hybridized carbons (Fsp3) is 0.419. The average molecular weight is 730 g/mol. The molecule has 2 saturated heterocycles. The summed E-state index contributed by atoms with van der Waals surface area (Å²) in [5, 5.41) is 14.1. The van der Waals surface area contributed by atoms with Gasteiger partial charge in [0.1, 0.15) is 11.9 Å².